The molecule has 1 aromatic heterocycles. The maximum atomic E-state index is 3.53. The Kier molecular flexibility index (Phi) is 2.75. The molecular weight excluding hydrogens is 286 g/mol. The number of aryl methyl sites for hydroxylation is 2. The summed E-state index contributed by atoms with van der Waals surface area (Å²) in [6.07, 6.45) is 0. The van der Waals surface area contributed by atoms with Crippen LogP contribution in [-0.4, -0.2) is 4.98 Å². The average molecular weight is 300 g/mol. The Balaban J connectivity index is 2.23. The summed E-state index contributed by atoms with van der Waals surface area (Å²) in [6.45, 7) is 4.31. The number of hydrogen-bond acceptors (Lipinski definition) is 0. The van der Waals surface area contributed by atoms with E-state index in [1.165, 1.54) is 33.3 Å². The molecule has 0 aliphatic carbocycles. The molecule has 1 heterocycles. The highest BCUT2D eigenvalue weighted by molar-refractivity contribution is 9.10. The number of aromatic amines is 1. The van der Waals surface area contributed by atoms with E-state index in [4.69, 9.17) is 0 Å². The predicted octanol–water partition coefficient (Wildman–Crippen LogP) is 5.21. The molecule has 0 atom stereocenters. The number of nitrogens with one attached hydrogen (secondary N) is 1. The van der Waals surface area contributed by atoms with Gasteiger partial charge in [-0.25, -0.2) is 0 Å². The second kappa shape index (κ2) is 4.29. The van der Waals surface area contributed by atoms with Gasteiger partial charge in [-0.1, -0.05) is 40.2 Å². The molecule has 2 heteroatoms. The van der Waals surface area contributed by atoms with E-state index in [0.29, 0.717) is 0 Å². The molecule has 0 amide bonds. The fourth-order valence-corrected chi connectivity index (χ4v) is 2.66. The van der Waals surface area contributed by atoms with Crippen LogP contribution in [0.2, 0.25) is 0 Å². The van der Waals surface area contributed by atoms with E-state index in [-0.39, 0.29) is 0 Å². The Hall–Kier alpha value is -1.54. The highest BCUT2D eigenvalue weighted by Crippen LogP contribution is 2.28. The van der Waals surface area contributed by atoms with Gasteiger partial charge < -0.3 is 4.98 Å². The van der Waals surface area contributed by atoms with Crippen LogP contribution in [0.4, 0.5) is 0 Å². The summed E-state index contributed by atoms with van der Waals surface area (Å²) < 4.78 is 1.10. The molecule has 0 saturated heterocycles. The molecule has 0 spiro atoms. The molecule has 3 aromatic rings. The average Bonchev–Trinajstić information content (AvgIpc) is 2.79. The lowest BCUT2D eigenvalue weighted by Gasteiger charge is -2.00. The van der Waals surface area contributed by atoms with E-state index in [2.05, 4.69) is 71.2 Å². The molecule has 0 aliphatic rings. The number of rotatable bonds is 1. The van der Waals surface area contributed by atoms with Crippen molar-refractivity contribution in [3.8, 4) is 11.3 Å². The van der Waals surface area contributed by atoms with Crippen LogP contribution in [0.25, 0.3) is 22.2 Å². The van der Waals surface area contributed by atoms with Gasteiger partial charge in [0.25, 0.3) is 0 Å². The first-order valence-electron chi connectivity index (χ1n) is 6.00. The molecule has 0 bridgehead atoms. The Morgan fingerprint density at radius 1 is 1.00 bits per heavy atom. The van der Waals surface area contributed by atoms with Crippen molar-refractivity contribution in [1.82, 2.24) is 4.98 Å². The van der Waals surface area contributed by atoms with Gasteiger partial charge in [0.05, 0.1) is 0 Å². The van der Waals surface area contributed by atoms with Crippen molar-refractivity contribution < 1.29 is 0 Å². The van der Waals surface area contributed by atoms with Crippen molar-refractivity contribution in [2.75, 3.05) is 0 Å². The molecule has 0 fully saturated rings. The van der Waals surface area contributed by atoms with Crippen LogP contribution in [-0.2, 0) is 0 Å². The van der Waals surface area contributed by atoms with E-state index in [1.807, 2.05) is 6.07 Å². The summed E-state index contributed by atoms with van der Waals surface area (Å²) in [5.41, 5.74) is 6.27. The molecule has 2 aromatic carbocycles. The molecule has 90 valence electrons. The van der Waals surface area contributed by atoms with Gasteiger partial charge in [-0.05, 0) is 48.7 Å². The van der Waals surface area contributed by atoms with Crippen LogP contribution in [0, 0.1) is 13.8 Å². The summed E-state index contributed by atoms with van der Waals surface area (Å²) in [5, 5.41) is 1.27. The van der Waals surface area contributed by atoms with E-state index < -0.39 is 0 Å². The smallest absolute Gasteiger partial charge is 0.0491 e. The number of halogens is 1. The first-order chi connectivity index (χ1) is 8.65. The van der Waals surface area contributed by atoms with Gasteiger partial charge >= 0.3 is 0 Å². The third-order valence-electron chi connectivity index (χ3n) is 3.46. The first-order valence-corrected chi connectivity index (χ1v) is 6.79. The Morgan fingerprint density at radius 2 is 1.83 bits per heavy atom. The maximum Gasteiger partial charge on any atom is 0.0491 e. The minimum atomic E-state index is 1.10. The summed E-state index contributed by atoms with van der Waals surface area (Å²) in [7, 11) is 0. The monoisotopic (exact) mass is 299 g/mol. The Morgan fingerprint density at radius 3 is 2.61 bits per heavy atom. The fraction of sp³-hybridized carbons (Fsp3) is 0.125. The number of H-pyrrole nitrogens is 1. The number of benzene rings is 2. The van der Waals surface area contributed by atoms with Crippen LogP contribution in [0.3, 0.4) is 0 Å². The summed E-state index contributed by atoms with van der Waals surface area (Å²) in [5.74, 6) is 0. The summed E-state index contributed by atoms with van der Waals surface area (Å²) in [6, 6.07) is 14.9. The predicted molar refractivity (Wildman–Crippen MR) is 80.9 cm³/mol. The molecule has 1 N–H and O–H groups in total. The highest BCUT2D eigenvalue weighted by Gasteiger charge is 2.06. The quantitative estimate of drug-likeness (QED) is 0.634. The van der Waals surface area contributed by atoms with Gasteiger partial charge in [0.15, 0.2) is 0 Å². The SMILES string of the molecule is Cc1ccc2cc(-c3cccc(Br)c3)[nH]c2c1C. The topological polar surface area (TPSA) is 15.8 Å². The lowest BCUT2D eigenvalue weighted by Crippen LogP contribution is -1.82. The molecule has 3 rings (SSSR count). The van der Waals surface area contributed by atoms with Crippen LogP contribution < -0.4 is 0 Å². The molecule has 0 aliphatic heterocycles. The maximum absolute atomic E-state index is 3.53. The van der Waals surface area contributed by atoms with E-state index in [1.54, 1.807) is 0 Å². The van der Waals surface area contributed by atoms with E-state index >= 15 is 0 Å². The summed E-state index contributed by atoms with van der Waals surface area (Å²) in [4.78, 5) is 3.53. The van der Waals surface area contributed by atoms with Crippen molar-refractivity contribution in [2.45, 2.75) is 13.8 Å². The normalized spacial score (nSPS) is 11.1. The van der Waals surface area contributed by atoms with Crippen molar-refractivity contribution in [3.63, 3.8) is 0 Å². The van der Waals surface area contributed by atoms with E-state index in [9.17, 15) is 0 Å². The third kappa shape index (κ3) is 1.87. The minimum Gasteiger partial charge on any atom is -0.354 e. The fourth-order valence-electron chi connectivity index (χ4n) is 2.26. The second-order valence-electron chi connectivity index (χ2n) is 4.67. The zero-order valence-electron chi connectivity index (χ0n) is 10.4. The number of aromatic nitrogens is 1. The van der Waals surface area contributed by atoms with Crippen LogP contribution in [0.1, 0.15) is 11.1 Å². The lowest BCUT2D eigenvalue weighted by atomic mass is 10.1. The molecule has 1 nitrogen and oxygen atoms in total. The first kappa shape index (κ1) is 11.5. The largest absolute Gasteiger partial charge is 0.354 e. The molecular formula is C16H14BrN. The number of hydrogen-bond donors (Lipinski definition) is 1. The van der Waals surface area contributed by atoms with Gasteiger partial charge in [0.1, 0.15) is 0 Å². The van der Waals surface area contributed by atoms with Crippen LogP contribution >= 0.6 is 15.9 Å². The highest BCUT2D eigenvalue weighted by atomic mass is 79.9. The van der Waals surface area contributed by atoms with Crippen molar-refractivity contribution >= 4 is 26.8 Å². The second-order valence-corrected chi connectivity index (χ2v) is 5.58. The van der Waals surface area contributed by atoms with Crippen LogP contribution in [0.5, 0.6) is 0 Å². The van der Waals surface area contributed by atoms with Crippen molar-refractivity contribution in [2.24, 2.45) is 0 Å². The summed E-state index contributed by atoms with van der Waals surface area (Å²) >= 11 is 3.52. The molecule has 0 saturated carbocycles. The number of fused-ring (bicyclic) bond motifs is 1. The van der Waals surface area contributed by atoms with Gasteiger partial charge in [0.2, 0.25) is 0 Å². The third-order valence-corrected chi connectivity index (χ3v) is 3.96. The van der Waals surface area contributed by atoms with Crippen molar-refractivity contribution in [1.29, 1.82) is 0 Å². The van der Waals surface area contributed by atoms with Crippen molar-refractivity contribution in [3.05, 3.63) is 58.1 Å². The zero-order valence-corrected chi connectivity index (χ0v) is 12.0. The van der Waals surface area contributed by atoms with Gasteiger partial charge in [-0.2, -0.15) is 0 Å². The van der Waals surface area contributed by atoms with Crippen LogP contribution in [0.15, 0.2) is 46.9 Å². The van der Waals surface area contributed by atoms with Gasteiger partial charge in [-0.3, -0.25) is 0 Å². The Labute approximate surface area is 115 Å². The minimum absolute atomic E-state index is 1.10. The molecule has 0 radical (unpaired) electrons. The molecule has 18 heavy (non-hydrogen) atoms. The van der Waals surface area contributed by atoms with Gasteiger partial charge in [0, 0.05) is 21.1 Å². The lowest BCUT2D eigenvalue weighted by molar-refractivity contribution is 1.34. The zero-order chi connectivity index (χ0) is 12.7. The molecule has 0 unspecified atom stereocenters. The van der Waals surface area contributed by atoms with E-state index in [0.717, 1.165) is 4.47 Å². The standard InChI is InChI=1S/C16H14BrN/c1-10-6-7-13-9-15(18-16(13)11(10)2)12-4-3-5-14(17)8-12/h3-9,18H,1-2H3. The van der Waals surface area contributed by atoms with Gasteiger partial charge in [-0.15, -0.1) is 0 Å². The Bertz CT molecular complexity index is 725.